The van der Waals surface area contributed by atoms with E-state index < -0.39 is 5.97 Å². The maximum absolute atomic E-state index is 12.1. The van der Waals surface area contributed by atoms with E-state index in [2.05, 4.69) is 31.2 Å². The largest absolute Gasteiger partial charge is 0.457 e. The van der Waals surface area contributed by atoms with E-state index in [0.29, 0.717) is 17.1 Å². The van der Waals surface area contributed by atoms with Gasteiger partial charge in [-0.1, -0.05) is 50.2 Å². The van der Waals surface area contributed by atoms with Crippen molar-refractivity contribution < 1.29 is 23.6 Å². The van der Waals surface area contributed by atoms with Crippen molar-refractivity contribution in [1.29, 1.82) is 0 Å². The van der Waals surface area contributed by atoms with Gasteiger partial charge >= 0.3 is 5.97 Å². The van der Waals surface area contributed by atoms with Crippen LogP contribution in [0.15, 0.2) is 34.9 Å². The minimum absolute atomic E-state index is 0.00403. The molecule has 1 N–H and O–H groups in total. The van der Waals surface area contributed by atoms with Gasteiger partial charge in [0.2, 0.25) is 5.91 Å². The fourth-order valence-electron chi connectivity index (χ4n) is 2.26. The molecule has 2 aromatic rings. The number of ether oxygens (including phenoxy) is 1. The predicted molar refractivity (Wildman–Crippen MR) is 108 cm³/mol. The smallest absolute Gasteiger partial charge is 0.316 e. The summed E-state index contributed by atoms with van der Waals surface area (Å²) in [5, 5.41) is 6.20. The van der Waals surface area contributed by atoms with Crippen molar-refractivity contribution in [3.63, 3.8) is 0 Å². The summed E-state index contributed by atoms with van der Waals surface area (Å²) >= 11 is 1.09. The Morgan fingerprint density at radius 3 is 2.39 bits per heavy atom. The van der Waals surface area contributed by atoms with Gasteiger partial charge in [0.25, 0.3) is 0 Å². The van der Waals surface area contributed by atoms with Crippen molar-refractivity contribution in [2.75, 3.05) is 23.4 Å². The third-order valence-electron chi connectivity index (χ3n) is 3.79. The summed E-state index contributed by atoms with van der Waals surface area (Å²) in [4.78, 5) is 35.6. The normalized spacial score (nSPS) is 11.1. The first-order chi connectivity index (χ1) is 13.1. The first-order valence-corrected chi connectivity index (χ1v) is 9.91. The van der Waals surface area contributed by atoms with Crippen molar-refractivity contribution in [3.05, 3.63) is 47.2 Å². The lowest BCUT2D eigenvalue weighted by molar-refractivity contribution is -0.139. The predicted octanol–water partition coefficient (Wildman–Crippen LogP) is 3.38. The van der Waals surface area contributed by atoms with Gasteiger partial charge in [-0.25, -0.2) is 0 Å². The SMILES string of the molecule is Cc1cc(NC(=O)CSCC(=O)OCC(=O)c2ccc(C(C)(C)C)cc2)no1. The van der Waals surface area contributed by atoms with Gasteiger partial charge in [0.1, 0.15) is 5.76 Å². The van der Waals surface area contributed by atoms with Crippen LogP contribution in [0, 0.1) is 6.92 Å². The fourth-order valence-corrected chi connectivity index (χ4v) is 2.87. The molecule has 0 saturated heterocycles. The molecule has 0 aliphatic rings. The highest BCUT2D eigenvalue weighted by atomic mass is 32.2. The number of benzene rings is 1. The fraction of sp³-hybridized carbons (Fsp3) is 0.400. The number of aryl methyl sites for hydroxylation is 1. The highest BCUT2D eigenvalue weighted by Crippen LogP contribution is 2.22. The Balaban J connectivity index is 1.69. The zero-order chi connectivity index (χ0) is 20.7. The minimum Gasteiger partial charge on any atom is -0.457 e. The number of anilines is 1. The second kappa shape index (κ2) is 9.54. The second-order valence-corrected chi connectivity index (χ2v) is 8.26. The molecule has 0 aliphatic carbocycles. The molecule has 0 bridgehead atoms. The number of rotatable bonds is 8. The molecule has 1 heterocycles. The minimum atomic E-state index is -0.547. The standard InChI is InChI=1S/C20H24N2O5S/c1-13-9-17(22-27-13)21-18(24)11-28-12-19(25)26-10-16(23)14-5-7-15(8-6-14)20(2,3)4/h5-9H,10-12H2,1-4H3,(H,21,22,24). The Hall–Kier alpha value is -2.61. The third-order valence-corrected chi connectivity index (χ3v) is 4.69. The number of thioether (sulfide) groups is 1. The maximum atomic E-state index is 12.1. The van der Waals surface area contributed by atoms with Crippen molar-refractivity contribution >= 4 is 35.2 Å². The van der Waals surface area contributed by atoms with Crippen molar-refractivity contribution in [1.82, 2.24) is 5.16 Å². The molecular weight excluding hydrogens is 380 g/mol. The Kier molecular flexibility index (Phi) is 7.39. The molecule has 7 nitrogen and oxygen atoms in total. The summed E-state index contributed by atoms with van der Waals surface area (Å²) < 4.78 is 9.84. The van der Waals surface area contributed by atoms with Crippen molar-refractivity contribution in [2.45, 2.75) is 33.1 Å². The number of carbonyl (C=O) groups is 3. The number of nitrogens with one attached hydrogen (secondary N) is 1. The highest BCUT2D eigenvalue weighted by Gasteiger charge is 2.15. The number of aromatic nitrogens is 1. The molecule has 2 rings (SSSR count). The van der Waals surface area contributed by atoms with Gasteiger partial charge in [0.05, 0.1) is 11.5 Å². The molecule has 1 aromatic carbocycles. The van der Waals surface area contributed by atoms with E-state index in [9.17, 15) is 14.4 Å². The van der Waals surface area contributed by atoms with Gasteiger partial charge in [0, 0.05) is 11.6 Å². The Morgan fingerprint density at radius 2 is 1.82 bits per heavy atom. The van der Waals surface area contributed by atoms with Crippen molar-refractivity contribution in [2.24, 2.45) is 0 Å². The number of ketones is 1. The molecule has 1 aromatic heterocycles. The summed E-state index contributed by atoms with van der Waals surface area (Å²) in [6, 6.07) is 8.87. The van der Waals surface area contributed by atoms with E-state index in [4.69, 9.17) is 9.26 Å². The zero-order valence-electron chi connectivity index (χ0n) is 16.4. The average molecular weight is 404 g/mol. The van der Waals surface area contributed by atoms with Crippen LogP contribution in [-0.4, -0.2) is 40.9 Å². The molecule has 0 unspecified atom stereocenters. The number of hydrogen-bond donors (Lipinski definition) is 1. The van der Waals surface area contributed by atoms with Gasteiger partial charge in [-0.15, -0.1) is 11.8 Å². The lowest BCUT2D eigenvalue weighted by Crippen LogP contribution is -2.18. The number of esters is 1. The van der Waals surface area contributed by atoms with Gasteiger partial charge in [0.15, 0.2) is 18.2 Å². The molecule has 0 fully saturated rings. The van der Waals surface area contributed by atoms with Gasteiger partial charge in [-0.3, -0.25) is 14.4 Å². The molecule has 8 heteroatoms. The van der Waals surface area contributed by atoms with E-state index in [1.54, 1.807) is 25.1 Å². The maximum Gasteiger partial charge on any atom is 0.316 e. The molecule has 0 spiro atoms. The molecule has 1 amide bonds. The lowest BCUT2D eigenvalue weighted by Gasteiger charge is -2.18. The van der Waals surface area contributed by atoms with E-state index in [-0.39, 0.29) is 35.2 Å². The highest BCUT2D eigenvalue weighted by molar-refractivity contribution is 8.00. The molecule has 0 saturated carbocycles. The molecule has 150 valence electrons. The molecule has 0 aliphatic heterocycles. The number of Topliss-reactive ketones (excluding diaryl/α,β-unsaturated/α-hetero) is 1. The Morgan fingerprint density at radius 1 is 1.14 bits per heavy atom. The molecule has 0 radical (unpaired) electrons. The van der Waals surface area contributed by atoms with Crippen LogP contribution in [0.25, 0.3) is 0 Å². The van der Waals surface area contributed by atoms with Gasteiger partial charge in [-0.05, 0) is 17.9 Å². The van der Waals surface area contributed by atoms with E-state index in [1.165, 1.54) is 0 Å². The second-order valence-electron chi connectivity index (χ2n) is 7.27. The van der Waals surface area contributed by atoms with Crippen LogP contribution in [0.2, 0.25) is 0 Å². The number of carbonyl (C=O) groups excluding carboxylic acids is 3. The first-order valence-electron chi connectivity index (χ1n) is 8.75. The molecular formula is C20H24N2O5S. The summed E-state index contributed by atoms with van der Waals surface area (Å²) in [6.45, 7) is 7.68. The monoisotopic (exact) mass is 404 g/mol. The van der Waals surface area contributed by atoms with Crippen LogP contribution < -0.4 is 5.32 Å². The Labute approximate surface area is 168 Å². The van der Waals surface area contributed by atoms with Crippen LogP contribution in [0.3, 0.4) is 0 Å². The van der Waals surface area contributed by atoms with E-state index >= 15 is 0 Å². The molecule has 0 atom stereocenters. The number of hydrogen-bond acceptors (Lipinski definition) is 7. The third kappa shape index (κ3) is 6.84. The summed E-state index contributed by atoms with van der Waals surface area (Å²) in [6.07, 6.45) is 0. The van der Waals surface area contributed by atoms with Crippen LogP contribution in [0.5, 0.6) is 0 Å². The average Bonchev–Trinajstić information content (AvgIpc) is 3.03. The lowest BCUT2D eigenvalue weighted by atomic mass is 9.86. The van der Waals surface area contributed by atoms with Gasteiger partial charge in [-0.2, -0.15) is 0 Å². The summed E-state index contributed by atoms with van der Waals surface area (Å²) in [5.41, 5.74) is 1.62. The van der Waals surface area contributed by atoms with E-state index in [1.807, 2.05) is 12.1 Å². The topological polar surface area (TPSA) is 98.5 Å². The summed E-state index contributed by atoms with van der Waals surface area (Å²) in [7, 11) is 0. The number of nitrogens with zero attached hydrogens (tertiary/aromatic N) is 1. The number of amides is 1. The summed E-state index contributed by atoms with van der Waals surface area (Å²) in [5.74, 6) is -0.170. The van der Waals surface area contributed by atoms with Crippen molar-refractivity contribution in [3.8, 4) is 0 Å². The van der Waals surface area contributed by atoms with Crippen LogP contribution >= 0.6 is 11.8 Å². The Bertz CT molecular complexity index is 837. The molecule has 28 heavy (non-hydrogen) atoms. The van der Waals surface area contributed by atoms with Gasteiger partial charge < -0.3 is 14.6 Å². The first kappa shape index (κ1) is 21.7. The zero-order valence-corrected chi connectivity index (χ0v) is 17.2. The van der Waals surface area contributed by atoms with Crippen LogP contribution in [0.4, 0.5) is 5.82 Å². The van der Waals surface area contributed by atoms with E-state index in [0.717, 1.165) is 17.3 Å². The van der Waals surface area contributed by atoms with Crippen LogP contribution in [-0.2, 0) is 19.7 Å². The van der Waals surface area contributed by atoms with Crippen LogP contribution in [0.1, 0.15) is 42.5 Å². The quantitative estimate of drug-likeness (QED) is 0.532.